The summed E-state index contributed by atoms with van der Waals surface area (Å²) < 4.78 is 7.19. The van der Waals surface area contributed by atoms with Gasteiger partial charge in [-0.3, -0.25) is 4.68 Å². The van der Waals surface area contributed by atoms with E-state index in [0.717, 1.165) is 21.7 Å². The quantitative estimate of drug-likeness (QED) is 0.576. The maximum Gasteiger partial charge on any atom is 0.268 e. The van der Waals surface area contributed by atoms with Crippen LogP contribution in [0.1, 0.15) is 0 Å². The Balaban J connectivity index is 1.73. The first-order valence-electron chi connectivity index (χ1n) is 6.78. The van der Waals surface area contributed by atoms with Crippen molar-refractivity contribution in [3.05, 3.63) is 54.0 Å². The monoisotopic (exact) mass is 308 g/mol. The molecule has 3 heterocycles. The lowest BCUT2D eigenvalue weighted by Gasteiger charge is -2.03. The van der Waals surface area contributed by atoms with Gasteiger partial charge in [0.15, 0.2) is 0 Å². The first-order valence-corrected chi connectivity index (χ1v) is 7.65. The van der Waals surface area contributed by atoms with Gasteiger partial charge in [0, 0.05) is 24.4 Å². The molecule has 0 spiro atoms. The molecule has 0 unspecified atom stereocenters. The van der Waals surface area contributed by atoms with E-state index < -0.39 is 0 Å². The minimum absolute atomic E-state index is 0.552. The van der Waals surface area contributed by atoms with Crippen LogP contribution < -0.4 is 0 Å². The van der Waals surface area contributed by atoms with Gasteiger partial charge in [-0.25, -0.2) is 0 Å². The Kier molecular flexibility index (Phi) is 3.08. The van der Waals surface area contributed by atoms with Crippen LogP contribution in [0.5, 0.6) is 0 Å². The summed E-state index contributed by atoms with van der Waals surface area (Å²) in [7, 11) is 1.92. The Hall–Kier alpha value is -2.73. The summed E-state index contributed by atoms with van der Waals surface area (Å²) in [5, 5.41) is 10.3. The number of rotatable bonds is 3. The minimum atomic E-state index is 0.552. The largest absolute Gasteiger partial charge is 0.333 e. The summed E-state index contributed by atoms with van der Waals surface area (Å²) >= 11 is 1.58. The molecule has 4 rings (SSSR count). The van der Waals surface area contributed by atoms with Crippen molar-refractivity contribution in [2.45, 2.75) is 0 Å². The molecule has 0 saturated heterocycles. The molecule has 0 bridgehead atoms. The summed E-state index contributed by atoms with van der Waals surface area (Å²) in [5.41, 5.74) is 3.04. The number of aromatic nitrogens is 4. The summed E-state index contributed by atoms with van der Waals surface area (Å²) in [6.45, 7) is 0. The molecule has 22 heavy (non-hydrogen) atoms. The van der Waals surface area contributed by atoms with Gasteiger partial charge in [-0.2, -0.15) is 10.1 Å². The molecule has 0 aliphatic rings. The van der Waals surface area contributed by atoms with Crippen molar-refractivity contribution in [1.82, 2.24) is 19.9 Å². The lowest BCUT2D eigenvalue weighted by molar-refractivity contribution is 0.433. The van der Waals surface area contributed by atoms with Crippen molar-refractivity contribution in [1.29, 1.82) is 0 Å². The zero-order chi connectivity index (χ0) is 14.9. The minimum Gasteiger partial charge on any atom is -0.333 e. The van der Waals surface area contributed by atoms with E-state index in [9.17, 15) is 0 Å². The molecule has 4 aromatic rings. The van der Waals surface area contributed by atoms with Crippen LogP contribution in [0.3, 0.4) is 0 Å². The second-order valence-electron chi connectivity index (χ2n) is 4.82. The Bertz CT molecular complexity index is 908. The Morgan fingerprint density at radius 3 is 2.77 bits per heavy atom. The normalized spacial score (nSPS) is 11.0. The fourth-order valence-electron chi connectivity index (χ4n) is 2.32. The van der Waals surface area contributed by atoms with Crippen molar-refractivity contribution < 1.29 is 4.52 Å². The van der Waals surface area contributed by atoms with Crippen molar-refractivity contribution in [3.8, 4) is 33.4 Å². The molecular formula is C16H12N4OS. The van der Waals surface area contributed by atoms with Crippen LogP contribution in [0.25, 0.3) is 33.4 Å². The Labute approximate surface area is 130 Å². The molecule has 0 fully saturated rings. The van der Waals surface area contributed by atoms with E-state index >= 15 is 0 Å². The van der Waals surface area contributed by atoms with Gasteiger partial charge < -0.3 is 4.52 Å². The first-order chi connectivity index (χ1) is 10.8. The topological polar surface area (TPSA) is 56.7 Å². The van der Waals surface area contributed by atoms with Gasteiger partial charge in [-0.05, 0) is 23.6 Å². The van der Waals surface area contributed by atoms with Crippen LogP contribution >= 0.6 is 11.3 Å². The van der Waals surface area contributed by atoms with E-state index in [1.807, 2.05) is 59.6 Å². The number of hydrogen-bond acceptors (Lipinski definition) is 5. The van der Waals surface area contributed by atoms with Gasteiger partial charge in [0.05, 0.1) is 10.6 Å². The average Bonchev–Trinajstić information content (AvgIpc) is 3.28. The number of hydrogen-bond donors (Lipinski definition) is 0. The van der Waals surface area contributed by atoms with Crippen LogP contribution in [0, 0.1) is 0 Å². The lowest BCUT2D eigenvalue weighted by atomic mass is 10.1. The molecule has 108 valence electrons. The molecule has 0 radical (unpaired) electrons. The van der Waals surface area contributed by atoms with E-state index in [2.05, 4.69) is 15.2 Å². The SMILES string of the molecule is Cn1nccc1-c1cccc(-c2noc(-c3cccs3)n2)c1. The zero-order valence-corrected chi connectivity index (χ0v) is 12.6. The van der Waals surface area contributed by atoms with Crippen LogP contribution in [-0.2, 0) is 7.05 Å². The van der Waals surface area contributed by atoms with Gasteiger partial charge in [-0.1, -0.05) is 29.4 Å². The molecule has 0 saturated carbocycles. The van der Waals surface area contributed by atoms with E-state index in [1.165, 1.54) is 0 Å². The average molecular weight is 308 g/mol. The van der Waals surface area contributed by atoms with Gasteiger partial charge in [0.1, 0.15) is 0 Å². The third-order valence-corrected chi connectivity index (χ3v) is 4.25. The summed E-state index contributed by atoms with van der Waals surface area (Å²) in [6.07, 6.45) is 1.78. The second kappa shape index (κ2) is 5.23. The lowest BCUT2D eigenvalue weighted by Crippen LogP contribution is -1.93. The summed E-state index contributed by atoms with van der Waals surface area (Å²) in [6, 6.07) is 14.0. The number of nitrogens with zero attached hydrogens (tertiary/aromatic N) is 4. The predicted octanol–water partition coefficient (Wildman–Crippen LogP) is 3.87. The molecule has 3 aromatic heterocycles. The molecule has 0 aliphatic heterocycles. The first kappa shape index (κ1) is 13.0. The molecule has 0 aliphatic carbocycles. The maximum absolute atomic E-state index is 5.35. The maximum atomic E-state index is 5.35. The fraction of sp³-hybridized carbons (Fsp3) is 0.0625. The second-order valence-corrected chi connectivity index (χ2v) is 5.77. The van der Waals surface area contributed by atoms with Crippen LogP contribution in [0.2, 0.25) is 0 Å². The predicted molar refractivity (Wildman–Crippen MR) is 85.2 cm³/mol. The highest BCUT2D eigenvalue weighted by atomic mass is 32.1. The van der Waals surface area contributed by atoms with Crippen LogP contribution in [-0.4, -0.2) is 19.9 Å². The van der Waals surface area contributed by atoms with Gasteiger partial charge in [0.25, 0.3) is 5.89 Å². The smallest absolute Gasteiger partial charge is 0.268 e. The van der Waals surface area contributed by atoms with Gasteiger partial charge in [0.2, 0.25) is 5.82 Å². The highest BCUT2D eigenvalue weighted by Gasteiger charge is 2.12. The van der Waals surface area contributed by atoms with Crippen molar-refractivity contribution in [2.24, 2.45) is 7.05 Å². The molecule has 5 nitrogen and oxygen atoms in total. The summed E-state index contributed by atoms with van der Waals surface area (Å²) in [5.74, 6) is 1.14. The summed E-state index contributed by atoms with van der Waals surface area (Å²) in [4.78, 5) is 5.45. The van der Waals surface area contributed by atoms with Crippen molar-refractivity contribution in [2.75, 3.05) is 0 Å². The molecule has 0 atom stereocenters. The zero-order valence-electron chi connectivity index (χ0n) is 11.8. The standard InChI is InChI=1S/C16H12N4OS/c1-20-13(7-8-17-20)11-4-2-5-12(10-11)15-18-16(21-19-15)14-6-3-9-22-14/h2-10H,1H3. The van der Waals surface area contributed by atoms with Crippen LogP contribution in [0.15, 0.2) is 58.6 Å². The number of benzene rings is 1. The van der Waals surface area contributed by atoms with E-state index in [1.54, 1.807) is 17.5 Å². The van der Waals surface area contributed by atoms with Gasteiger partial charge >= 0.3 is 0 Å². The van der Waals surface area contributed by atoms with Crippen molar-refractivity contribution >= 4 is 11.3 Å². The number of aryl methyl sites for hydroxylation is 1. The third-order valence-electron chi connectivity index (χ3n) is 3.40. The van der Waals surface area contributed by atoms with Crippen molar-refractivity contribution in [3.63, 3.8) is 0 Å². The molecule has 0 amide bonds. The van der Waals surface area contributed by atoms with Gasteiger partial charge in [-0.15, -0.1) is 11.3 Å². The third kappa shape index (κ3) is 2.23. The molecule has 1 aromatic carbocycles. The highest BCUT2D eigenvalue weighted by molar-refractivity contribution is 7.13. The molecular weight excluding hydrogens is 296 g/mol. The Morgan fingerprint density at radius 2 is 2.00 bits per heavy atom. The van der Waals surface area contributed by atoms with E-state index in [0.29, 0.717) is 11.7 Å². The fourth-order valence-corrected chi connectivity index (χ4v) is 2.96. The number of thiophene rings is 1. The van der Waals surface area contributed by atoms with E-state index in [-0.39, 0.29) is 0 Å². The molecule has 6 heteroatoms. The highest BCUT2D eigenvalue weighted by Crippen LogP contribution is 2.28. The molecule has 0 N–H and O–H groups in total. The van der Waals surface area contributed by atoms with Crippen LogP contribution in [0.4, 0.5) is 0 Å². The van der Waals surface area contributed by atoms with E-state index in [4.69, 9.17) is 4.52 Å². The Morgan fingerprint density at radius 1 is 1.09 bits per heavy atom.